The molecule has 2 heteroatoms. The van der Waals surface area contributed by atoms with E-state index in [2.05, 4.69) is 61.6 Å². The summed E-state index contributed by atoms with van der Waals surface area (Å²) in [6.07, 6.45) is 3.76. The zero-order valence-corrected chi connectivity index (χ0v) is 13.4. The second-order valence-corrected chi connectivity index (χ2v) is 6.52. The lowest BCUT2D eigenvalue weighted by Gasteiger charge is -2.12. The second-order valence-electron chi connectivity index (χ2n) is 5.35. The normalized spacial score (nSPS) is 12.7. The Morgan fingerprint density at radius 1 is 1.10 bits per heavy atom. The van der Waals surface area contributed by atoms with Gasteiger partial charge in [0.25, 0.3) is 0 Å². The summed E-state index contributed by atoms with van der Waals surface area (Å²) in [6, 6.07) is 16.0. The molecule has 2 rings (SSSR count). The Labute approximate surface area is 127 Å². The average Bonchev–Trinajstić information content (AvgIpc) is 2.49. The predicted molar refractivity (Wildman–Crippen MR) is 91.7 cm³/mol. The Morgan fingerprint density at radius 3 is 2.70 bits per heavy atom. The first-order chi connectivity index (χ1) is 9.79. The van der Waals surface area contributed by atoms with E-state index in [4.69, 9.17) is 0 Å². The number of fused-ring (bicyclic) bond motifs is 1. The van der Waals surface area contributed by atoms with Gasteiger partial charge in [-0.1, -0.05) is 37.3 Å². The summed E-state index contributed by atoms with van der Waals surface area (Å²) in [5.74, 6) is 1.20. The molecule has 108 valence electrons. The number of thioether (sulfide) groups is 1. The van der Waals surface area contributed by atoms with Crippen LogP contribution in [0.3, 0.4) is 0 Å². The van der Waals surface area contributed by atoms with E-state index < -0.39 is 0 Å². The van der Waals surface area contributed by atoms with E-state index >= 15 is 0 Å². The second kappa shape index (κ2) is 8.33. The largest absolute Gasteiger partial charge is 0.314 e. The van der Waals surface area contributed by atoms with E-state index in [-0.39, 0.29) is 0 Å². The number of benzene rings is 2. The molecular formula is C18H25NS. The molecular weight excluding hydrogens is 262 g/mol. The number of rotatable bonds is 8. The highest BCUT2D eigenvalue weighted by Crippen LogP contribution is 2.24. The summed E-state index contributed by atoms with van der Waals surface area (Å²) >= 11 is 1.97. The van der Waals surface area contributed by atoms with Gasteiger partial charge in [0.15, 0.2) is 0 Å². The van der Waals surface area contributed by atoms with E-state index in [0.717, 1.165) is 6.54 Å². The molecule has 0 aliphatic carbocycles. The van der Waals surface area contributed by atoms with Gasteiger partial charge in [-0.05, 0) is 61.4 Å². The molecule has 1 atom stereocenters. The molecule has 0 spiro atoms. The highest BCUT2D eigenvalue weighted by atomic mass is 32.2. The topological polar surface area (TPSA) is 12.0 Å². The fourth-order valence-electron chi connectivity index (χ4n) is 2.33. The maximum absolute atomic E-state index is 3.55. The quantitative estimate of drug-likeness (QED) is 0.535. The fraction of sp³-hybridized carbons (Fsp3) is 0.444. The Morgan fingerprint density at radius 2 is 1.90 bits per heavy atom. The van der Waals surface area contributed by atoms with E-state index in [1.165, 1.54) is 40.7 Å². The molecule has 0 saturated heterocycles. The Balaban J connectivity index is 1.75. The minimum atomic E-state index is 0.646. The summed E-state index contributed by atoms with van der Waals surface area (Å²) in [4.78, 5) is 1.39. The van der Waals surface area contributed by atoms with Crippen LogP contribution in [-0.2, 0) is 0 Å². The van der Waals surface area contributed by atoms with E-state index in [1.807, 2.05) is 11.8 Å². The first-order valence-corrected chi connectivity index (χ1v) is 8.63. The zero-order chi connectivity index (χ0) is 14.2. The molecule has 0 bridgehead atoms. The van der Waals surface area contributed by atoms with Crippen LogP contribution in [0.25, 0.3) is 10.8 Å². The van der Waals surface area contributed by atoms with Crippen molar-refractivity contribution >= 4 is 22.5 Å². The van der Waals surface area contributed by atoms with Crippen molar-refractivity contribution in [1.29, 1.82) is 0 Å². The minimum absolute atomic E-state index is 0.646. The molecule has 0 fully saturated rings. The van der Waals surface area contributed by atoms with Crippen LogP contribution >= 0.6 is 11.8 Å². The van der Waals surface area contributed by atoms with Gasteiger partial charge in [-0.3, -0.25) is 0 Å². The molecule has 0 saturated carbocycles. The van der Waals surface area contributed by atoms with E-state index in [0.29, 0.717) is 6.04 Å². The molecule has 1 nitrogen and oxygen atoms in total. The van der Waals surface area contributed by atoms with E-state index in [9.17, 15) is 0 Å². The lowest BCUT2D eigenvalue weighted by atomic mass is 10.1. The van der Waals surface area contributed by atoms with Crippen molar-refractivity contribution in [2.75, 3.05) is 12.3 Å². The van der Waals surface area contributed by atoms with Crippen LogP contribution in [0.1, 0.15) is 33.1 Å². The molecule has 0 radical (unpaired) electrons. The minimum Gasteiger partial charge on any atom is -0.314 e. The molecule has 1 unspecified atom stereocenters. The summed E-state index contributed by atoms with van der Waals surface area (Å²) in [6.45, 7) is 5.64. The summed E-state index contributed by atoms with van der Waals surface area (Å²) in [5.41, 5.74) is 0. The lowest BCUT2D eigenvalue weighted by Crippen LogP contribution is -2.26. The molecule has 0 amide bonds. The molecule has 20 heavy (non-hydrogen) atoms. The fourth-order valence-corrected chi connectivity index (χ4v) is 3.25. The van der Waals surface area contributed by atoms with Gasteiger partial charge in [-0.2, -0.15) is 0 Å². The highest BCUT2D eigenvalue weighted by Gasteiger charge is 2.01. The Bertz CT molecular complexity index is 524. The van der Waals surface area contributed by atoms with Crippen molar-refractivity contribution in [1.82, 2.24) is 5.32 Å². The number of hydrogen-bond acceptors (Lipinski definition) is 2. The SMILES string of the molecule is CCCNC(C)CCCSc1ccc2ccccc2c1. The zero-order valence-electron chi connectivity index (χ0n) is 12.6. The third-order valence-electron chi connectivity index (χ3n) is 3.51. The van der Waals surface area contributed by atoms with Gasteiger partial charge in [0.1, 0.15) is 0 Å². The van der Waals surface area contributed by atoms with Gasteiger partial charge in [-0.25, -0.2) is 0 Å². The average molecular weight is 287 g/mol. The molecule has 0 heterocycles. The van der Waals surface area contributed by atoms with Crippen LogP contribution < -0.4 is 5.32 Å². The highest BCUT2D eigenvalue weighted by molar-refractivity contribution is 7.99. The van der Waals surface area contributed by atoms with Gasteiger partial charge >= 0.3 is 0 Å². The van der Waals surface area contributed by atoms with Crippen LogP contribution in [0.5, 0.6) is 0 Å². The van der Waals surface area contributed by atoms with Crippen LogP contribution in [0, 0.1) is 0 Å². The maximum Gasteiger partial charge on any atom is 0.00783 e. The smallest absolute Gasteiger partial charge is 0.00783 e. The van der Waals surface area contributed by atoms with E-state index in [1.54, 1.807) is 0 Å². The molecule has 0 aromatic heterocycles. The van der Waals surface area contributed by atoms with Crippen molar-refractivity contribution in [3.63, 3.8) is 0 Å². The molecule has 1 N–H and O–H groups in total. The van der Waals surface area contributed by atoms with Gasteiger partial charge in [0.2, 0.25) is 0 Å². The van der Waals surface area contributed by atoms with Gasteiger partial charge < -0.3 is 5.32 Å². The standard InChI is InChI=1S/C18H25NS/c1-3-12-19-15(2)7-6-13-20-18-11-10-16-8-4-5-9-17(16)14-18/h4-5,8-11,14-15,19H,3,6-7,12-13H2,1-2H3. The Kier molecular flexibility index (Phi) is 6.41. The third-order valence-corrected chi connectivity index (χ3v) is 4.59. The first-order valence-electron chi connectivity index (χ1n) is 7.64. The van der Waals surface area contributed by atoms with Crippen molar-refractivity contribution in [2.45, 2.75) is 44.0 Å². The monoisotopic (exact) mass is 287 g/mol. The summed E-state index contributed by atoms with van der Waals surface area (Å²) in [5, 5.41) is 6.22. The predicted octanol–water partition coefficient (Wildman–Crippen LogP) is 5.10. The van der Waals surface area contributed by atoms with Gasteiger partial charge in [-0.15, -0.1) is 11.8 Å². The van der Waals surface area contributed by atoms with Crippen LogP contribution in [0.15, 0.2) is 47.4 Å². The molecule has 2 aromatic carbocycles. The van der Waals surface area contributed by atoms with Crippen molar-refractivity contribution in [3.8, 4) is 0 Å². The maximum atomic E-state index is 3.55. The number of hydrogen-bond donors (Lipinski definition) is 1. The summed E-state index contributed by atoms with van der Waals surface area (Å²) < 4.78 is 0. The van der Waals surface area contributed by atoms with Crippen LogP contribution in [-0.4, -0.2) is 18.3 Å². The third kappa shape index (κ3) is 4.84. The lowest BCUT2D eigenvalue weighted by molar-refractivity contribution is 0.510. The molecule has 0 aliphatic heterocycles. The van der Waals surface area contributed by atoms with Crippen molar-refractivity contribution in [2.24, 2.45) is 0 Å². The van der Waals surface area contributed by atoms with Crippen LogP contribution in [0.4, 0.5) is 0 Å². The van der Waals surface area contributed by atoms with Gasteiger partial charge in [0, 0.05) is 10.9 Å². The molecule has 0 aliphatic rings. The molecule has 2 aromatic rings. The number of nitrogens with one attached hydrogen (secondary N) is 1. The Hall–Kier alpha value is -0.990. The first kappa shape index (κ1) is 15.4. The summed E-state index contributed by atoms with van der Waals surface area (Å²) in [7, 11) is 0. The van der Waals surface area contributed by atoms with Crippen molar-refractivity contribution < 1.29 is 0 Å². The van der Waals surface area contributed by atoms with Gasteiger partial charge in [0.05, 0.1) is 0 Å². The van der Waals surface area contributed by atoms with Crippen LogP contribution in [0.2, 0.25) is 0 Å². The van der Waals surface area contributed by atoms with Crippen molar-refractivity contribution in [3.05, 3.63) is 42.5 Å².